The molecular formula is C39H41F2NO4. The molecule has 4 aromatic rings. The van der Waals surface area contributed by atoms with Gasteiger partial charge in [-0.2, -0.15) is 0 Å². The number of likely N-dealkylation sites (tertiary alicyclic amines) is 1. The predicted octanol–water partition coefficient (Wildman–Crippen LogP) is 7.38. The van der Waals surface area contributed by atoms with E-state index in [1.807, 2.05) is 97.1 Å². The molecule has 0 radical (unpaired) electrons. The molecule has 0 bridgehead atoms. The molecule has 1 saturated heterocycles. The third-order valence-corrected chi connectivity index (χ3v) is 8.66. The Morgan fingerprint density at radius 2 is 1.17 bits per heavy atom. The van der Waals surface area contributed by atoms with Crippen LogP contribution in [0.5, 0.6) is 0 Å². The Morgan fingerprint density at radius 1 is 0.674 bits per heavy atom. The molecule has 4 aromatic carbocycles. The van der Waals surface area contributed by atoms with Gasteiger partial charge in [-0.1, -0.05) is 97.1 Å². The lowest BCUT2D eigenvalue weighted by atomic mass is 9.97. The van der Waals surface area contributed by atoms with Crippen LogP contribution in [0.3, 0.4) is 0 Å². The fourth-order valence-electron chi connectivity index (χ4n) is 6.13. The highest BCUT2D eigenvalue weighted by atomic mass is 19.1. The number of rotatable bonds is 13. The highest BCUT2D eigenvalue weighted by molar-refractivity contribution is 5.66. The van der Waals surface area contributed by atoms with Crippen LogP contribution in [0.2, 0.25) is 0 Å². The Bertz CT molecular complexity index is 1470. The van der Waals surface area contributed by atoms with E-state index >= 15 is 8.78 Å². The molecule has 1 fully saturated rings. The molecule has 0 aliphatic carbocycles. The maximum Gasteiger partial charge on any atom is 0.129 e. The lowest BCUT2D eigenvalue weighted by Gasteiger charge is -2.43. The summed E-state index contributed by atoms with van der Waals surface area (Å²) < 4.78 is 55.7. The lowest BCUT2D eigenvalue weighted by Crippen LogP contribution is -2.58. The van der Waals surface area contributed by atoms with Crippen molar-refractivity contribution in [3.63, 3.8) is 0 Å². The molecule has 2 aliphatic rings. The lowest BCUT2D eigenvalue weighted by molar-refractivity contribution is -0.184. The van der Waals surface area contributed by atoms with E-state index in [0.29, 0.717) is 64.7 Å². The zero-order chi connectivity index (χ0) is 31.6. The van der Waals surface area contributed by atoms with E-state index in [4.69, 9.17) is 18.9 Å². The van der Waals surface area contributed by atoms with Crippen molar-refractivity contribution in [2.24, 2.45) is 0 Å². The van der Waals surface area contributed by atoms with Crippen LogP contribution in [-0.2, 0) is 45.2 Å². The second-order valence-corrected chi connectivity index (χ2v) is 11.9. The van der Waals surface area contributed by atoms with Gasteiger partial charge in [0.2, 0.25) is 0 Å². The second-order valence-electron chi connectivity index (χ2n) is 11.9. The van der Waals surface area contributed by atoms with Gasteiger partial charge in [0.05, 0.1) is 45.2 Å². The van der Waals surface area contributed by atoms with Gasteiger partial charge in [0, 0.05) is 25.2 Å². The molecule has 240 valence electrons. The molecule has 0 amide bonds. The standard InChI is InChI=1S/C39H41F2NO4/c40-35-22-33(32-17-20-43-21-18-32)23-36(41)34(35)16-19-42-24-37(44-26-29-10-4-1-5-11-29)39(46-28-31-14-8-3-9-15-31)38(25-42)45-27-30-12-6-2-7-13-30/h1-15,17,22-23,37-39H,16,18-21,24-28H2/t37-,38+,39?. The zero-order valence-electron chi connectivity index (χ0n) is 26.0. The highest BCUT2D eigenvalue weighted by Crippen LogP contribution is 2.28. The van der Waals surface area contributed by atoms with E-state index in [2.05, 4.69) is 4.90 Å². The largest absolute Gasteiger partial charge is 0.377 e. The molecule has 0 N–H and O–H groups in total. The minimum atomic E-state index is -0.516. The van der Waals surface area contributed by atoms with Crippen molar-refractivity contribution in [1.82, 2.24) is 4.90 Å². The maximum absolute atomic E-state index is 15.3. The van der Waals surface area contributed by atoms with Crippen LogP contribution in [0, 0.1) is 11.6 Å². The molecule has 2 heterocycles. The van der Waals surface area contributed by atoms with Crippen molar-refractivity contribution in [2.45, 2.75) is 51.0 Å². The molecule has 0 spiro atoms. The van der Waals surface area contributed by atoms with Crippen LogP contribution >= 0.6 is 0 Å². The zero-order valence-corrected chi connectivity index (χ0v) is 26.0. The number of hydrogen-bond acceptors (Lipinski definition) is 5. The first-order valence-corrected chi connectivity index (χ1v) is 16.1. The first kappa shape index (κ1) is 32.2. The molecule has 46 heavy (non-hydrogen) atoms. The van der Waals surface area contributed by atoms with Crippen molar-refractivity contribution in [3.8, 4) is 0 Å². The summed E-state index contributed by atoms with van der Waals surface area (Å²) in [4.78, 5) is 2.18. The van der Waals surface area contributed by atoms with E-state index in [0.717, 1.165) is 22.3 Å². The smallest absolute Gasteiger partial charge is 0.129 e. The van der Waals surface area contributed by atoms with Gasteiger partial charge in [0.15, 0.2) is 0 Å². The van der Waals surface area contributed by atoms with Gasteiger partial charge in [-0.15, -0.1) is 0 Å². The van der Waals surface area contributed by atoms with Crippen molar-refractivity contribution in [2.75, 3.05) is 32.8 Å². The van der Waals surface area contributed by atoms with Gasteiger partial charge in [-0.05, 0) is 52.8 Å². The summed E-state index contributed by atoms with van der Waals surface area (Å²) in [6.07, 6.45) is 1.78. The van der Waals surface area contributed by atoms with Crippen molar-refractivity contribution >= 4 is 5.57 Å². The number of ether oxygens (including phenoxy) is 4. The molecular weight excluding hydrogens is 584 g/mol. The number of hydrogen-bond donors (Lipinski definition) is 0. The molecule has 2 aliphatic heterocycles. The number of nitrogens with zero attached hydrogens (tertiary/aromatic N) is 1. The van der Waals surface area contributed by atoms with Crippen molar-refractivity contribution in [3.05, 3.63) is 149 Å². The first-order chi connectivity index (χ1) is 22.6. The molecule has 5 nitrogen and oxygen atoms in total. The summed E-state index contributed by atoms with van der Waals surface area (Å²) in [5, 5.41) is 0. The molecule has 0 aromatic heterocycles. The van der Waals surface area contributed by atoms with Crippen LogP contribution in [-0.4, -0.2) is 56.1 Å². The van der Waals surface area contributed by atoms with E-state index in [-0.39, 0.29) is 30.3 Å². The highest BCUT2D eigenvalue weighted by Gasteiger charge is 2.39. The van der Waals surface area contributed by atoms with E-state index < -0.39 is 11.6 Å². The van der Waals surface area contributed by atoms with E-state index in [9.17, 15) is 0 Å². The maximum atomic E-state index is 15.3. The van der Waals surface area contributed by atoms with Crippen LogP contribution in [0.4, 0.5) is 8.78 Å². The van der Waals surface area contributed by atoms with Crippen LogP contribution in [0.15, 0.2) is 109 Å². The topological polar surface area (TPSA) is 40.2 Å². The molecule has 7 heteroatoms. The van der Waals surface area contributed by atoms with E-state index in [1.54, 1.807) is 0 Å². The van der Waals surface area contributed by atoms with Crippen LogP contribution in [0.1, 0.15) is 34.2 Å². The SMILES string of the molecule is Fc1cc(C2=CCOCC2)cc(F)c1CCN1C[C@H](OCc2ccccc2)C(OCc2ccccc2)[C@H](OCc2ccccc2)C1. The fourth-order valence-corrected chi connectivity index (χ4v) is 6.13. The number of piperidine rings is 1. The number of benzene rings is 4. The Labute approximate surface area is 270 Å². The van der Waals surface area contributed by atoms with E-state index in [1.165, 1.54) is 12.1 Å². The quantitative estimate of drug-likeness (QED) is 0.155. The van der Waals surface area contributed by atoms with Gasteiger partial charge in [-0.3, -0.25) is 4.90 Å². The minimum absolute atomic E-state index is 0.0994. The number of halogens is 2. The summed E-state index contributed by atoms with van der Waals surface area (Å²) in [6.45, 7) is 3.83. The summed E-state index contributed by atoms with van der Waals surface area (Å²) >= 11 is 0. The van der Waals surface area contributed by atoms with Crippen molar-refractivity contribution < 1.29 is 27.7 Å². The monoisotopic (exact) mass is 625 g/mol. The first-order valence-electron chi connectivity index (χ1n) is 16.1. The normalized spacial score (nSPS) is 20.4. The summed E-state index contributed by atoms with van der Waals surface area (Å²) in [6, 6.07) is 33.1. The average molecular weight is 626 g/mol. The Balaban J connectivity index is 1.20. The minimum Gasteiger partial charge on any atom is -0.377 e. The summed E-state index contributed by atoms with van der Waals surface area (Å²) in [5.74, 6) is -1.03. The fraction of sp³-hybridized carbons (Fsp3) is 0.333. The summed E-state index contributed by atoms with van der Waals surface area (Å²) in [7, 11) is 0. The summed E-state index contributed by atoms with van der Waals surface area (Å²) in [5.41, 5.74) is 4.80. The Morgan fingerprint density at radius 3 is 1.65 bits per heavy atom. The van der Waals surface area contributed by atoms with Gasteiger partial charge in [-0.25, -0.2) is 8.78 Å². The molecule has 1 unspecified atom stereocenters. The average Bonchev–Trinajstić information content (AvgIpc) is 3.10. The van der Waals surface area contributed by atoms with Gasteiger partial charge in [0.1, 0.15) is 17.7 Å². The van der Waals surface area contributed by atoms with Crippen molar-refractivity contribution in [1.29, 1.82) is 0 Å². The molecule has 0 saturated carbocycles. The Kier molecular flexibility index (Phi) is 11.4. The Hall–Kier alpha value is -3.72. The van der Waals surface area contributed by atoms with Crippen LogP contribution in [0.25, 0.3) is 5.57 Å². The predicted molar refractivity (Wildman–Crippen MR) is 175 cm³/mol. The molecule has 6 rings (SSSR count). The van der Waals surface area contributed by atoms with Crippen LogP contribution < -0.4 is 0 Å². The molecule has 3 atom stereocenters. The second kappa shape index (κ2) is 16.2. The third-order valence-electron chi connectivity index (χ3n) is 8.66. The van der Waals surface area contributed by atoms with Gasteiger partial charge >= 0.3 is 0 Å². The third kappa shape index (κ3) is 8.75. The van der Waals surface area contributed by atoms with Gasteiger partial charge < -0.3 is 18.9 Å². The van der Waals surface area contributed by atoms with Gasteiger partial charge in [0.25, 0.3) is 0 Å².